The van der Waals surface area contributed by atoms with Crippen molar-refractivity contribution in [3.05, 3.63) is 45.1 Å². The highest BCUT2D eigenvalue weighted by Gasteiger charge is 2.17. The molecule has 1 heterocycles. The summed E-state index contributed by atoms with van der Waals surface area (Å²) in [7, 11) is 0. The van der Waals surface area contributed by atoms with Gasteiger partial charge in [-0.25, -0.2) is 4.79 Å². The van der Waals surface area contributed by atoms with Crippen LogP contribution >= 0.6 is 0 Å². The summed E-state index contributed by atoms with van der Waals surface area (Å²) in [6, 6.07) is 6.88. The number of aromatic amines is 1. The first kappa shape index (κ1) is 16.5. The first-order valence-corrected chi connectivity index (χ1v) is 8.56. The number of ether oxygens (including phenoxy) is 1. The lowest BCUT2D eigenvalue weighted by atomic mass is 10.1. The van der Waals surface area contributed by atoms with E-state index < -0.39 is 11.2 Å². The molecule has 0 amide bonds. The Labute approximate surface area is 139 Å². The molecule has 0 atom stereocenters. The largest absolute Gasteiger partial charge is 0.462 e. The maximum absolute atomic E-state index is 12.1. The van der Waals surface area contributed by atoms with Gasteiger partial charge in [0.1, 0.15) is 6.10 Å². The van der Waals surface area contributed by atoms with Crippen LogP contribution in [0.25, 0.3) is 10.9 Å². The zero-order chi connectivity index (χ0) is 16.9. The molecule has 0 aliphatic heterocycles. The molecule has 24 heavy (non-hydrogen) atoms. The quantitative estimate of drug-likeness (QED) is 0.689. The van der Waals surface area contributed by atoms with Crippen LogP contribution in [0.2, 0.25) is 0 Å². The molecule has 1 aromatic carbocycles. The topological polar surface area (TPSA) is 81.2 Å². The highest BCUT2D eigenvalue weighted by Crippen LogP contribution is 2.20. The van der Waals surface area contributed by atoms with Gasteiger partial charge in [-0.15, -0.1) is 0 Å². The molecule has 1 aromatic heterocycles. The highest BCUT2D eigenvalue weighted by molar-refractivity contribution is 5.78. The number of aromatic nitrogens is 2. The van der Waals surface area contributed by atoms with Gasteiger partial charge in [-0.2, -0.15) is 0 Å². The van der Waals surface area contributed by atoms with E-state index >= 15 is 0 Å². The number of benzene rings is 1. The summed E-state index contributed by atoms with van der Waals surface area (Å²) in [4.78, 5) is 38.3. The predicted molar refractivity (Wildman–Crippen MR) is 91.0 cm³/mol. The molecule has 0 saturated heterocycles. The SMILES string of the molecule is O=C(CCn1c(=O)[nH]c(=O)c2ccccc21)OC1CCCCCC1. The van der Waals surface area contributed by atoms with Crippen molar-refractivity contribution >= 4 is 16.9 Å². The minimum absolute atomic E-state index is 0.00375. The Balaban J connectivity index is 1.70. The van der Waals surface area contributed by atoms with Gasteiger partial charge in [-0.3, -0.25) is 19.1 Å². The first-order chi connectivity index (χ1) is 11.6. The molecule has 1 fully saturated rings. The molecular weight excluding hydrogens is 308 g/mol. The average molecular weight is 330 g/mol. The van der Waals surface area contributed by atoms with Crippen molar-refractivity contribution in [1.82, 2.24) is 9.55 Å². The lowest BCUT2D eigenvalue weighted by Crippen LogP contribution is -2.31. The number of esters is 1. The highest BCUT2D eigenvalue weighted by atomic mass is 16.5. The number of hydrogen-bond acceptors (Lipinski definition) is 4. The van der Waals surface area contributed by atoms with Crippen molar-refractivity contribution in [2.75, 3.05) is 0 Å². The summed E-state index contributed by atoms with van der Waals surface area (Å²) in [6.07, 6.45) is 6.57. The zero-order valence-corrected chi connectivity index (χ0v) is 13.6. The number of hydrogen-bond donors (Lipinski definition) is 1. The van der Waals surface area contributed by atoms with Gasteiger partial charge < -0.3 is 4.74 Å². The Morgan fingerprint density at radius 3 is 2.58 bits per heavy atom. The predicted octanol–water partition coefficient (Wildman–Crippen LogP) is 2.35. The van der Waals surface area contributed by atoms with Crippen LogP contribution < -0.4 is 11.2 Å². The van der Waals surface area contributed by atoms with Crippen molar-refractivity contribution in [2.45, 2.75) is 57.6 Å². The lowest BCUT2D eigenvalue weighted by Gasteiger charge is -2.16. The molecular formula is C18H22N2O4. The number of rotatable bonds is 4. The molecule has 0 spiro atoms. The van der Waals surface area contributed by atoms with Crippen molar-refractivity contribution < 1.29 is 9.53 Å². The molecule has 128 valence electrons. The number of H-pyrrole nitrogens is 1. The van der Waals surface area contributed by atoms with Crippen molar-refractivity contribution in [1.29, 1.82) is 0 Å². The zero-order valence-electron chi connectivity index (χ0n) is 13.6. The summed E-state index contributed by atoms with van der Waals surface area (Å²) in [5, 5.41) is 0.439. The van der Waals surface area contributed by atoms with Gasteiger partial charge in [0.2, 0.25) is 0 Å². The first-order valence-electron chi connectivity index (χ1n) is 8.56. The molecule has 0 unspecified atom stereocenters. The van der Waals surface area contributed by atoms with E-state index in [1.807, 2.05) is 0 Å². The van der Waals surface area contributed by atoms with Gasteiger partial charge in [0.05, 0.1) is 17.3 Å². The normalized spacial score (nSPS) is 16.0. The third-order valence-electron chi connectivity index (χ3n) is 4.54. The third kappa shape index (κ3) is 3.75. The second-order valence-electron chi connectivity index (χ2n) is 6.28. The van der Waals surface area contributed by atoms with Gasteiger partial charge in [0.25, 0.3) is 5.56 Å². The fourth-order valence-corrected chi connectivity index (χ4v) is 3.27. The summed E-state index contributed by atoms with van der Waals surface area (Å²) in [5.41, 5.74) is -0.373. The smallest absolute Gasteiger partial charge is 0.328 e. The molecule has 6 nitrogen and oxygen atoms in total. The van der Waals surface area contributed by atoms with Gasteiger partial charge in [0, 0.05) is 6.54 Å². The number of para-hydroxylation sites is 1. The van der Waals surface area contributed by atoms with E-state index in [0.29, 0.717) is 10.9 Å². The summed E-state index contributed by atoms with van der Waals surface area (Å²) in [5.74, 6) is -0.288. The van der Waals surface area contributed by atoms with Crippen molar-refractivity contribution in [2.24, 2.45) is 0 Å². The monoisotopic (exact) mass is 330 g/mol. The van der Waals surface area contributed by atoms with E-state index in [4.69, 9.17) is 4.74 Å². The third-order valence-corrected chi connectivity index (χ3v) is 4.54. The Hall–Kier alpha value is -2.37. The van der Waals surface area contributed by atoms with Crippen LogP contribution in [0.4, 0.5) is 0 Å². The van der Waals surface area contributed by atoms with Gasteiger partial charge >= 0.3 is 11.7 Å². The van der Waals surface area contributed by atoms with Crippen LogP contribution in [0.3, 0.4) is 0 Å². The van der Waals surface area contributed by atoms with E-state index in [2.05, 4.69) is 4.98 Å². The second kappa shape index (κ2) is 7.47. The molecule has 3 rings (SSSR count). The molecule has 1 aliphatic carbocycles. The second-order valence-corrected chi connectivity index (χ2v) is 6.28. The maximum atomic E-state index is 12.1. The Morgan fingerprint density at radius 1 is 1.12 bits per heavy atom. The summed E-state index contributed by atoms with van der Waals surface area (Å²) in [6.45, 7) is 0.196. The molecule has 1 saturated carbocycles. The minimum atomic E-state index is -0.499. The Kier molecular flexibility index (Phi) is 5.13. The van der Waals surface area contributed by atoms with Crippen LogP contribution in [0.1, 0.15) is 44.9 Å². The standard InChI is InChI=1S/C18H22N2O4/c21-16(24-13-7-3-1-2-4-8-13)11-12-20-15-10-6-5-9-14(15)17(22)19-18(20)23/h5-6,9-10,13H,1-4,7-8,11-12H2,(H,19,22,23). The number of nitrogens with zero attached hydrogens (tertiary/aromatic N) is 1. The van der Waals surface area contributed by atoms with Crippen LogP contribution in [0.5, 0.6) is 0 Å². The molecule has 1 aliphatic rings. The molecule has 1 N–H and O–H groups in total. The number of aryl methyl sites for hydroxylation is 1. The number of carbonyl (C=O) groups is 1. The Bertz CT molecular complexity index is 829. The van der Waals surface area contributed by atoms with Crippen LogP contribution in [0, 0.1) is 0 Å². The van der Waals surface area contributed by atoms with Gasteiger partial charge in [0.15, 0.2) is 0 Å². The van der Waals surface area contributed by atoms with Crippen LogP contribution in [-0.2, 0) is 16.1 Å². The fourth-order valence-electron chi connectivity index (χ4n) is 3.27. The van der Waals surface area contributed by atoms with Crippen LogP contribution in [0.15, 0.2) is 33.9 Å². The van der Waals surface area contributed by atoms with Gasteiger partial charge in [-0.1, -0.05) is 25.0 Å². The fraction of sp³-hybridized carbons (Fsp3) is 0.500. The molecule has 2 aromatic rings. The van der Waals surface area contributed by atoms with E-state index in [1.54, 1.807) is 24.3 Å². The van der Waals surface area contributed by atoms with E-state index in [1.165, 1.54) is 17.4 Å². The number of carbonyl (C=O) groups excluding carboxylic acids is 1. The summed E-state index contributed by atoms with van der Waals surface area (Å²) < 4.78 is 6.96. The van der Waals surface area contributed by atoms with E-state index in [0.717, 1.165) is 25.7 Å². The lowest BCUT2D eigenvalue weighted by molar-refractivity contribution is -0.149. The van der Waals surface area contributed by atoms with Crippen LogP contribution in [-0.4, -0.2) is 21.6 Å². The number of fused-ring (bicyclic) bond motifs is 1. The molecule has 0 radical (unpaired) electrons. The molecule has 6 heteroatoms. The average Bonchev–Trinajstić information content (AvgIpc) is 2.83. The molecule has 0 bridgehead atoms. The minimum Gasteiger partial charge on any atom is -0.462 e. The van der Waals surface area contributed by atoms with E-state index in [-0.39, 0.29) is 25.0 Å². The maximum Gasteiger partial charge on any atom is 0.328 e. The summed E-state index contributed by atoms with van der Waals surface area (Å²) >= 11 is 0. The van der Waals surface area contributed by atoms with Crippen molar-refractivity contribution in [3.8, 4) is 0 Å². The Morgan fingerprint density at radius 2 is 1.83 bits per heavy atom. The van der Waals surface area contributed by atoms with Crippen molar-refractivity contribution in [3.63, 3.8) is 0 Å². The number of nitrogens with one attached hydrogen (secondary N) is 1. The van der Waals surface area contributed by atoms with E-state index in [9.17, 15) is 14.4 Å². The van der Waals surface area contributed by atoms with Gasteiger partial charge in [-0.05, 0) is 37.8 Å².